The number of halogens is 1. The Kier molecular flexibility index (Phi) is 4.29. The summed E-state index contributed by atoms with van der Waals surface area (Å²) < 4.78 is 19.8. The van der Waals surface area contributed by atoms with E-state index in [1.807, 2.05) is 42.5 Å². The second-order valence-corrected chi connectivity index (χ2v) is 8.44. The third kappa shape index (κ3) is 2.78. The van der Waals surface area contributed by atoms with Crippen molar-refractivity contribution >= 4 is 17.5 Å². The van der Waals surface area contributed by atoms with Crippen molar-refractivity contribution in [2.75, 3.05) is 18.5 Å². The number of rotatable bonds is 4. The Hall–Kier alpha value is -2.99. The number of hydrogen-bond donors (Lipinski definition) is 0. The zero-order valence-corrected chi connectivity index (χ0v) is 16.9. The Morgan fingerprint density at radius 2 is 2.03 bits per heavy atom. The molecule has 6 heteroatoms. The summed E-state index contributed by atoms with van der Waals surface area (Å²) >= 11 is 0. The zero-order valence-electron chi connectivity index (χ0n) is 16.9. The van der Waals surface area contributed by atoms with Gasteiger partial charge in [0.15, 0.2) is 0 Å². The summed E-state index contributed by atoms with van der Waals surface area (Å²) in [7, 11) is 1.76. The van der Waals surface area contributed by atoms with Crippen molar-refractivity contribution in [1.29, 1.82) is 0 Å². The molecule has 0 saturated carbocycles. The van der Waals surface area contributed by atoms with Crippen LogP contribution in [0.5, 0.6) is 0 Å². The molecule has 2 amide bonds. The van der Waals surface area contributed by atoms with Gasteiger partial charge in [-0.15, -0.1) is 0 Å². The van der Waals surface area contributed by atoms with Crippen LogP contribution in [0.15, 0.2) is 60.7 Å². The minimum absolute atomic E-state index is 0.0916. The van der Waals surface area contributed by atoms with Gasteiger partial charge in [-0.05, 0) is 36.2 Å². The predicted octanol–water partition coefficient (Wildman–Crippen LogP) is 3.08. The first-order chi connectivity index (χ1) is 14.4. The number of nitrogens with zero attached hydrogens (tertiary/aromatic N) is 2. The van der Waals surface area contributed by atoms with Crippen LogP contribution in [0.25, 0.3) is 0 Å². The molecular weight excluding hydrogens is 383 g/mol. The lowest BCUT2D eigenvalue weighted by Crippen LogP contribution is -2.44. The number of anilines is 1. The van der Waals surface area contributed by atoms with Crippen LogP contribution in [0.4, 0.5) is 10.1 Å². The highest BCUT2D eigenvalue weighted by Crippen LogP contribution is 2.53. The van der Waals surface area contributed by atoms with E-state index in [0.29, 0.717) is 24.3 Å². The molecule has 0 radical (unpaired) electrons. The molecule has 3 aliphatic rings. The van der Waals surface area contributed by atoms with Crippen LogP contribution in [0.1, 0.15) is 11.1 Å². The molecule has 0 unspecified atom stereocenters. The summed E-state index contributed by atoms with van der Waals surface area (Å²) in [5.41, 5.74) is 1.58. The van der Waals surface area contributed by atoms with Crippen LogP contribution in [0.2, 0.25) is 0 Å². The molecular formula is C24H23FN2O3. The van der Waals surface area contributed by atoms with Gasteiger partial charge in [-0.2, -0.15) is 0 Å². The Morgan fingerprint density at radius 1 is 1.27 bits per heavy atom. The zero-order chi connectivity index (χ0) is 21.0. The number of benzene rings is 2. The van der Waals surface area contributed by atoms with Gasteiger partial charge in [-0.3, -0.25) is 9.59 Å². The molecule has 3 aliphatic heterocycles. The molecule has 2 fully saturated rings. The van der Waals surface area contributed by atoms with Crippen LogP contribution < -0.4 is 4.90 Å². The fourth-order valence-corrected chi connectivity index (χ4v) is 5.10. The minimum Gasteiger partial charge on any atom is -0.360 e. The first kappa shape index (κ1) is 19.0. The minimum atomic E-state index is -0.795. The number of fused-ring (bicyclic) bond motifs is 1. The van der Waals surface area contributed by atoms with Crippen molar-refractivity contribution in [3.05, 3.63) is 77.6 Å². The highest BCUT2D eigenvalue weighted by molar-refractivity contribution is 6.03. The lowest BCUT2D eigenvalue weighted by molar-refractivity contribution is -0.139. The van der Waals surface area contributed by atoms with Gasteiger partial charge in [0, 0.05) is 19.3 Å². The summed E-state index contributed by atoms with van der Waals surface area (Å²) in [5, 5.41) is 0. The van der Waals surface area contributed by atoms with Crippen LogP contribution in [-0.4, -0.2) is 42.0 Å². The van der Waals surface area contributed by atoms with Crippen LogP contribution in [-0.2, 0) is 20.9 Å². The van der Waals surface area contributed by atoms with Crippen LogP contribution in [0.3, 0.4) is 0 Å². The maximum atomic E-state index is 13.6. The molecule has 0 N–H and O–H groups in total. The monoisotopic (exact) mass is 406 g/mol. The average molecular weight is 406 g/mol. The maximum absolute atomic E-state index is 13.6. The Bertz CT molecular complexity index is 1050. The molecule has 1 spiro atoms. The molecule has 2 saturated heterocycles. The van der Waals surface area contributed by atoms with Crippen molar-refractivity contribution in [3.63, 3.8) is 0 Å². The molecule has 0 aliphatic carbocycles. The van der Waals surface area contributed by atoms with E-state index >= 15 is 0 Å². The summed E-state index contributed by atoms with van der Waals surface area (Å²) in [6, 6.07) is 14.2. The summed E-state index contributed by atoms with van der Waals surface area (Å²) in [4.78, 5) is 30.1. The molecule has 2 bridgehead atoms. The number of carbonyl (C=O) groups is 2. The van der Waals surface area contributed by atoms with Crippen molar-refractivity contribution in [2.45, 2.75) is 25.2 Å². The normalized spacial score (nSPS) is 28.8. The van der Waals surface area contributed by atoms with Crippen molar-refractivity contribution in [2.24, 2.45) is 11.8 Å². The summed E-state index contributed by atoms with van der Waals surface area (Å²) in [6.07, 6.45) is 3.45. The third-order valence-corrected chi connectivity index (χ3v) is 6.47. The molecule has 4 atom stereocenters. The topological polar surface area (TPSA) is 49.9 Å². The van der Waals surface area contributed by atoms with E-state index in [1.54, 1.807) is 29.8 Å². The largest absolute Gasteiger partial charge is 0.360 e. The average Bonchev–Trinajstić information content (AvgIpc) is 3.36. The quantitative estimate of drug-likeness (QED) is 0.734. The molecule has 2 aromatic carbocycles. The van der Waals surface area contributed by atoms with E-state index < -0.39 is 17.4 Å². The molecule has 5 rings (SSSR count). The fourth-order valence-electron chi connectivity index (χ4n) is 5.10. The second-order valence-electron chi connectivity index (χ2n) is 8.44. The molecule has 154 valence electrons. The van der Waals surface area contributed by atoms with E-state index in [0.717, 1.165) is 5.56 Å². The highest BCUT2D eigenvalue weighted by atomic mass is 19.1. The van der Waals surface area contributed by atoms with Crippen molar-refractivity contribution in [3.8, 4) is 0 Å². The molecule has 5 nitrogen and oxygen atoms in total. The van der Waals surface area contributed by atoms with Crippen LogP contribution >= 0.6 is 0 Å². The lowest BCUT2D eigenvalue weighted by atomic mass is 9.76. The smallest absolute Gasteiger partial charge is 0.234 e. The van der Waals surface area contributed by atoms with Crippen LogP contribution in [0, 0.1) is 24.6 Å². The first-order valence-corrected chi connectivity index (χ1v) is 10.1. The van der Waals surface area contributed by atoms with E-state index in [9.17, 15) is 14.0 Å². The standard InChI is InChI=1S/C24H23FN2O3/c1-15-12-17(25)8-9-18(15)27-14-24-11-10-19(30-24)20(21(24)23(27)29)22(28)26(2)13-16-6-4-3-5-7-16/h3-12,19-21H,13-14H2,1-2H3/t19-,20-,21+,24-/m0/s1. The lowest BCUT2D eigenvalue weighted by Gasteiger charge is -2.28. The fraction of sp³-hybridized carbons (Fsp3) is 0.333. The van der Waals surface area contributed by atoms with Gasteiger partial charge in [0.25, 0.3) is 0 Å². The number of carbonyl (C=O) groups excluding carboxylic acids is 2. The number of hydrogen-bond acceptors (Lipinski definition) is 3. The van der Waals surface area contributed by atoms with E-state index in [4.69, 9.17) is 4.74 Å². The molecule has 30 heavy (non-hydrogen) atoms. The third-order valence-electron chi connectivity index (χ3n) is 6.47. The molecule has 2 aromatic rings. The highest BCUT2D eigenvalue weighted by Gasteiger charge is 2.67. The van der Waals surface area contributed by atoms with Gasteiger partial charge in [-0.25, -0.2) is 4.39 Å². The van der Waals surface area contributed by atoms with Gasteiger partial charge in [0.1, 0.15) is 11.4 Å². The van der Waals surface area contributed by atoms with Gasteiger partial charge in [0.2, 0.25) is 11.8 Å². The molecule has 0 aromatic heterocycles. The van der Waals surface area contributed by atoms with E-state index in [-0.39, 0.29) is 23.7 Å². The van der Waals surface area contributed by atoms with E-state index in [1.165, 1.54) is 12.1 Å². The number of amides is 2. The summed E-state index contributed by atoms with van der Waals surface area (Å²) in [5.74, 6) is -1.69. The number of ether oxygens (including phenoxy) is 1. The van der Waals surface area contributed by atoms with Gasteiger partial charge in [-0.1, -0.05) is 42.5 Å². The van der Waals surface area contributed by atoms with Crippen molar-refractivity contribution in [1.82, 2.24) is 4.90 Å². The maximum Gasteiger partial charge on any atom is 0.234 e. The first-order valence-electron chi connectivity index (χ1n) is 10.1. The van der Waals surface area contributed by atoms with Gasteiger partial charge in [0.05, 0.1) is 24.5 Å². The molecule has 3 heterocycles. The second kappa shape index (κ2) is 6.77. The van der Waals surface area contributed by atoms with E-state index in [2.05, 4.69) is 0 Å². The Labute approximate surface area is 174 Å². The number of aryl methyl sites for hydroxylation is 1. The Morgan fingerprint density at radius 3 is 2.77 bits per heavy atom. The SMILES string of the molecule is Cc1cc(F)ccc1N1C[C@]23C=C[C@H](O2)[C@H](C(=O)N(C)Cc2ccccc2)[C@@H]3C1=O. The van der Waals surface area contributed by atoms with Gasteiger partial charge >= 0.3 is 0 Å². The predicted molar refractivity (Wildman–Crippen MR) is 110 cm³/mol. The van der Waals surface area contributed by atoms with Crippen molar-refractivity contribution < 1.29 is 18.7 Å². The summed E-state index contributed by atoms with van der Waals surface area (Å²) in [6.45, 7) is 2.59. The Balaban J connectivity index is 1.43. The van der Waals surface area contributed by atoms with Gasteiger partial charge < -0.3 is 14.5 Å².